The monoisotopic (exact) mass is 261 g/mol. The number of nitrogens with two attached hydrogens (primary N) is 1. The summed E-state index contributed by atoms with van der Waals surface area (Å²) >= 11 is 4.15. The molecular formula is C12H23NOS2. The first-order chi connectivity index (χ1) is 7.74. The largest absolute Gasteiger partial charge is 0.375 e. The van der Waals surface area contributed by atoms with Crippen molar-refractivity contribution in [1.82, 2.24) is 0 Å². The lowest BCUT2D eigenvalue weighted by Gasteiger charge is -2.43. The fourth-order valence-corrected chi connectivity index (χ4v) is 5.21. The van der Waals surface area contributed by atoms with E-state index in [1.54, 1.807) is 0 Å². The van der Waals surface area contributed by atoms with E-state index in [-0.39, 0.29) is 5.60 Å². The molecule has 2 rings (SSSR count). The maximum absolute atomic E-state index is 6.09. The van der Waals surface area contributed by atoms with Crippen LogP contribution in [-0.4, -0.2) is 40.8 Å². The van der Waals surface area contributed by atoms with Gasteiger partial charge in [-0.05, 0) is 37.2 Å². The van der Waals surface area contributed by atoms with Crippen molar-refractivity contribution in [3.8, 4) is 0 Å². The molecule has 0 aliphatic carbocycles. The predicted molar refractivity (Wildman–Crippen MR) is 74.4 cm³/mol. The molecule has 0 aromatic carbocycles. The van der Waals surface area contributed by atoms with Gasteiger partial charge < -0.3 is 10.5 Å². The van der Waals surface area contributed by atoms with Crippen LogP contribution < -0.4 is 5.73 Å². The first kappa shape index (κ1) is 13.1. The highest BCUT2D eigenvalue weighted by Crippen LogP contribution is 2.41. The molecule has 2 heterocycles. The van der Waals surface area contributed by atoms with Gasteiger partial charge in [0.2, 0.25) is 0 Å². The van der Waals surface area contributed by atoms with Crippen molar-refractivity contribution in [2.75, 3.05) is 24.7 Å². The molecule has 2 nitrogen and oxygen atoms in total. The Morgan fingerprint density at radius 1 is 1.50 bits per heavy atom. The first-order valence-corrected chi connectivity index (χ1v) is 8.41. The van der Waals surface area contributed by atoms with Crippen molar-refractivity contribution >= 4 is 23.5 Å². The summed E-state index contributed by atoms with van der Waals surface area (Å²) in [6, 6.07) is 0. The van der Waals surface area contributed by atoms with Crippen LogP contribution in [0, 0.1) is 0 Å². The van der Waals surface area contributed by atoms with Gasteiger partial charge >= 0.3 is 0 Å². The van der Waals surface area contributed by atoms with Crippen LogP contribution in [0.2, 0.25) is 0 Å². The summed E-state index contributed by atoms with van der Waals surface area (Å²) < 4.78 is 6.09. The zero-order valence-corrected chi connectivity index (χ0v) is 11.7. The summed E-state index contributed by atoms with van der Waals surface area (Å²) in [7, 11) is 0. The van der Waals surface area contributed by atoms with E-state index in [1.165, 1.54) is 37.2 Å². The molecular weight excluding hydrogens is 238 g/mol. The van der Waals surface area contributed by atoms with Crippen molar-refractivity contribution < 1.29 is 4.74 Å². The van der Waals surface area contributed by atoms with Crippen molar-refractivity contribution in [2.45, 2.75) is 48.7 Å². The average Bonchev–Trinajstić information content (AvgIpc) is 2.30. The van der Waals surface area contributed by atoms with Gasteiger partial charge in [0.15, 0.2) is 0 Å². The fourth-order valence-electron chi connectivity index (χ4n) is 2.57. The Kier molecular flexibility index (Phi) is 4.89. The van der Waals surface area contributed by atoms with Gasteiger partial charge in [0.25, 0.3) is 0 Å². The lowest BCUT2D eigenvalue weighted by molar-refractivity contribution is -0.0805. The van der Waals surface area contributed by atoms with Crippen molar-refractivity contribution in [3.05, 3.63) is 0 Å². The SMILES string of the molecule is CC(CN)SC1CCOC2(CCSCC2)C1. The van der Waals surface area contributed by atoms with E-state index in [0.717, 1.165) is 18.4 Å². The van der Waals surface area contributed by atoms with Gasteiger partial charge in [-0.3, -0.25) is 0 Å². The normalized spacial score (nSPS) is 31.5. The number of ether oxygens (including phenoxy) is 1. The molecule has 2 aliphatic rings. The predicted octanol–water partition coefficient (Wildman–Crippen LogP) is 2.51. The standard InChI is InChI=1S/C12H23NOS2/c1-10(9-13)16-11-2-5-14-12(8-11)3-6-15-7-4-12/h10-11H,2-9,13H2,1H3. The maximum Gasteiger partial charge on any atom is 0.0708 e. The molecule has 0 amide bonds. The first-order valence-electron chi connectivity index (χ1n) is 6.31. The fraction of sp³-hybridized carbons (Fsp3) is 1.00. The smallest absolute Gasteiger partial charge is 0.0708 e. The van der Waals surface area contributed by atoms with Crippen LogP contribution in [0.1, 0.15) is 32.6 Å². The molecule has 4 heteroatoms. The molecule has 0 aromatic rings. The van der Waals surface area contributed by atoms with Gasteiger partial charge in [0.05, 0.1) is 5.60 Å². The summed E-state index contributed by atoms with van der Waals surface area (Å²) in [5, 5.41) is 1.37. The zero-order chi connectivity index (χ0) is 11.4. The molecule has 94 valence electrons. The Labute approximate surface area is 107 Å². The van der Waals surface area contributed by atoms with E-state index in [1.807, 2.05) is 0 Å². The summed E-state index contributed by atoms with van der Waals surface area (Å²) in [6.45, 7) is 3.99. The molecule has 2 aliphatic heterocycles. The van der Waals surface area contributed by atoms with Gasteiger partial charge in [-0.1, -0.05) is 6.92 Å². The van der Waals surface area contributed by atoms with Crippen LogP contribution in [0.3, 0.4) is 0 Å². The lowest BCUT2D eigenvalue weighted by atomic mass is 9.88. The minimum absolute atomic E-state index is 0.232. The third-order valence-corrected chi connectivity index (χ3v) is 6.04. The highest BCUT2D eigenvalue weighted by atomic mass is 32.2. The summed E-state index contributed by atoms with van der Waals surface area (Å²) in [6.07, 6.45) is 4.98. The number of hydrogen-bond donors (Lipinski definition) is 1. The van der Waals surface area contributed by atoms with Gasteiger partial charge in [0.1, 0.15) is 0 Å². The van der Waals surface area contributed by atoms with E-state index in [0.29, 0.717) is 5.25 Å². The minimum atomic E-state index is 0.232. The van der Waals surface area contributed by atoms with Gasteiger partial charge in [-0.2, -0.15) is 23.5 Å². The molecule has 2 saturated heterocycles. The van der Waals surface area contributed by atoms with Crippen LogP contribution in [0.5, 0.6) is 0 Å². The molecule has 2 atom stereocenters. The lowest BCUT2D eigenvalue weighted by Crippen LogP contribution is -2.44. The quantitative estimate of drug-likeness (QED) is 0.847. The maximum atomic E-state index is 6.09. The summed E-state index contributed by atoms with van der Waals surface area (Å²) in [5.41, 5.74) is 5.94. The van der Waals surface area contributed by atoms with E-state index in [4.69, 9.17) is 10.5 Å². The van der Waals surface area contributed by atoms with E-state index in [2.05, 4.69) is 30.4 Å². The Hall–Kier alpha value is 0.620. The number of thioether (sulfide) groups is 2. The second-order valence-corrected chi connectivity index (χ2v) is 7.91. The van der Waals surface area contributed by atoms with Gasteiger partial charge in [-0.25, -0.2) is 0 Å². The minimum Gasteiger partial charge on any atom is -0.375 e. The average molecular weight is 261 g/mol. The zero-order valence-electron chi connectivity index (χ0n) is 10.1. The molecule has 0 aromatic heterocycles. The van der Waals surface area contributed by atoms with E-state index >= 15 is 0 Å². The summed E-state index contributed by atoms with van der Waals surface area (Å²) in [4.78, 5) is 0. The van der Waals surface area contributed by atoms with Gasteiger partial charge in [0, 0.05) is 23.7 Å². The topological polar surface area (TPSA) is 35.2 Å². The van der Waals surface area contributed by atoms with E-state index in [9.17, 15) is 0 Å². The molecule has 16 heavy (non-hydrogen) atoms. The molecule has 1 spiro atoms. The van der Waals surface area contributed by atoms with Crippen LogP contribution >= 0.6 is 23.5 Å². The summed E-state index contributed by atoms with van der Waals surface area (Å²) in [5.74, 6) is 2.56. The Morgan fingerprint density at radius 3 is 2.94 bits per heavy atom. The molecule has 2 N–H and O–H groups in total. The third-order valence-electron chi connectivity index (χ3n) is 3.61. The number of hydrogen-bond acceptors (Lipinski definition) is 4. The molecule has 2 fully saturated rings. The Morgan fingerprint density at radius 2 is 2.25 bits per heavy atom. The van der Waals surface area contributed by atoms with Crippen molar-refractivity contribution in [3.63, 3.8) is 0 Å². The van der Waals surface area contributed by atoms with Crippen molar-refractivity contribution in [2.24, 2.45) is 5.73 Å². The molecule has 2 unspecified atom stereocenters. The van der Waals surface area contributed by atoms with E-state index < -0.39 is 0 Å². The molecule has 0 bridgehead atoms. The molecule has 0 radical (unpaired) electrons. The van der Waals surface area contributed by atoms with Crippen LogP contribution in [0.15, 0.2) is 0 Å². The second-order valence-electron chi connectivity index (χ2n) is 4.94. The highest BCUT2D eigenvalue weighted by Gasteiger charge is 2.39. The van der Waals surface area contributed by atoms with Crippen LogP contribution in [0.25, 0.3) is 0 Å². The van der Waals surface area contributed by atoms with Gasteiger partial charge in [-0.15, -0.1) is 0 Å². The van der Waals surface area contributed by atoms with Crippen LogP contribution in [0.4, 0.5) is 0 Å². The van der Waals surface area contributed by atoms with Crippen molar-refractivity contribution in [1.29, 1.82) is 0 Å². The molecule has 0 saturated carbocycles. The Balaban J connectivity index is 1.87. The second kappa shape index (κ2) is 5.98. The Bertz CT molecular complexity index is 214. The third kappa shape index (κ3) is 3.31. The number of rotatable bonds is 3. The van der Waals surface area contributed by atoms with Crippen LogP contribution in [-0.2, 0) is 4.74 Å². The highest BCUT2D eigenvalue weighted by molar-refractivity contribution is 8.00.